The summed E-state index contributed by atoms with van der Waals surface area (Å²) in [6, 6.07) is 0. The van der Waals surface area contributed by atoms with Crippen LogP contribution in [0.4, 0.5) is 0 Å². The third-order valence-electron chi connectivity index (χ3n) is 2.43. The van der Waals surface area contributed by atoms with Crippen molar-refractivity contribution in [2.75, 3.05) is 0 Å². The summed E-state index contributed by atoms with van der Waals surface area (Å²) in [5.41, 5.74) is 0. The Morgan fingerprint density at radius 1 is 1.58 bits per heavy atom. The van der Waals surface area contributed by atoms with E-state index in [1.54, 1.807) is 0 Å². The van der Waals surface area contributed by atoms with Gasteiger partial charge in [-0.25, -0.2) is 0 Å². The van der Waals surface area contributed by atoms with Gasteiger partial charge in [0, 0.05) is 5.92 Å². The van der Waals surface area contributed by atoms with E-state index in [1.165, 1.54) is 0 Å². The molecule has 0 radical (unpaired) electrons. The molecule has 0 bridgehead atoms. The van der Waals surface area contributed by atoms with Gasteiger partial charge in [0.15, 0.2) is 0 Å². The number of ether oxygens (including phenoxy) is 1. The van der Waals surface area contributed by atoms with Gasteiger partial charge in [-0.2, -0.15) is 0 Å². The number of carbonyl (C=O) groups excluding carboxylic acids is 1. The molecule has 3 nitrogen and oxygen atoms in total. The SMILES string of the molecule is CC(C)[C@@H]1OC(=O)C[C@H](O)[C@H]1C. The molecule has 1 rings (SSSR count). The molecule has 70 valence electrons. The van der Waals surface area contributed by atoms with Crippen LogP contribution in [0.2, 0.25) is 0 Å². The van der Waals surface area contributed by atoms with Crippen molar-refractivity contribution in [3.63, 3.8) is 0 Å². The lowest BCUT2D eigenvalue weighted by atomic mass is 9.87. The lowest BCUT2D eigenvalue weighted by Crippen LogP contribution is -2.43. The predicted octanol–water partition coefficient (Wildman–Crippen LogP) is 0.955. The van der Waals surface area contributed by atoms with Crippen LogP contribution in [0.15, 0.2) is 0 Å². The third kappa shape index (κ3) is 1.78. The lowest BCUT2D eigenvalue weighted by Gasteiger charge is -2.34. The van der Waals surface area contributed by atoms with Crippen LogP contribution >= 0.6 is 0 Å². The monoisotopic (exact) mass is 172 g/mol. The van der Waals surface area contributed by atoms with Crippen molar-refractivity contribution in [2.24, 2.45) is 11.8 Å². The van der Waals surface area contributed by atoms with E-state index in [4.69, 9.17) is 4.74 Å². The van der Waals surface area contributed by atoms with Gasteiger partial charge in [0.1, 0.15) is 6.10 Å². The normalized spacial score (nSPS) is 36.8. The number of esters is 1. The lowest BCUT2D eigenvalue weighted by molar-refractivity contribution is -0.171. The van der Waals surface area contributed by atoms with Crippen molar-refractivity contribution in [1.29, 1.82) is 0 Å². The Kier molecular flexibility index (Phi) is 2.73. The Balaban J connectivity index is 2.66. The molecule has 1 aliphatic rings. The first-order valence-corrected chi connectivity index (χ1v) is 4.40. The van der Waals surface area contributed by atoms with E-state index in [2.05, 4.69) is 0 Å². The van der Waals surface area contributed by atoms with E-state index in [0.29, 0.717) is 0 Å². The molecule has 0 aliphatic carbocycles. The molecule has 3 heteroatoms. The van der Waals surface area contributed by atoms with Crippen LogP contribution in [0.5, 0.6) is 0 Å². The standard InChI is InChI=1S/C9H16O3/c1-5(2)9-6(3)7(10)4-8(11)12-9/h5-7,9-10H,4H2,1-3H3/t6-,7+,9+/m1/s1. The Hall–Kier alpha value is -0.570. The summed E-state index contributed by atoms with van der Waals surface area (Å²) in [6.45, 7) is 5.90. The molecule has 0 aromatic carbocycles. The molecule has 1 N–H and O–H groups in total. The summed E-state index contributed by atoms with van der Waals surface area (Å²) >= 11 is 0. The zero-order valence-electron chi connectivity index (χ0n) is 7.78. The molecule has 0 aromatic heterocycles. The summed E-state index contributed by atoms with van der Waals surface area (Å²) < 4.78 is 5.13. The van der Waals surface area contributed by atoms with Gasteiger partial charge in [0.2, 0.25) is 0 Å². The summed E-state index contributed by atoms with van der Waals surface area (Å²) in [5.74, 6) is 0.0564. The van der Waals surface area contributed by atoms with Crippen molar-refractivity contribution in [2.45, 2.75) is 39.4 Å². The Morgan fingerprint density at radius 2 is 2.17 bits per heavy atom. The second kappa shape index (κ2) is 3.44. The van der Waals surface area contributed by atoms with Crippen LogP contribution in [0.3, 0.4) is 0 Å². The van der Waals surface area contributed by atoms with E-state index in [9.17, 15) is 9.90 Å². The van der Waals surface area contributed by atoms with E-state index in [-0.39, 0.29) is 30.3 Å². The van der Waals surface area contributed by atoms with Gasteiger partial charge >= 0.3 is 5.97 Å². The average molecular weight is 172 g/mol. The number of cyclic esters (lactones) is 1. The van der Waals surface area contributed by atoms with Gasteiger partial charge in [-0.1, -0.05) is 20.8 Å². The molecule has 12 heavy (non-hydrogen) atoms. The minimum absolute atomic E-state index is 0.0581. The molecule has 3 atom stereocenters. The summed E-state index contributed by atoms with van der Waals surface area (Å²) in [7, 11) is 0. The van der Waals surface area contributed by atoms with Crippen molar-refractivity contribution < 1.29 is 14.6 Å². The molecule has 0 unspecified atom stereocenters. The number of aliphatic hydroxyl groups excluding tert-OH is 1. The summed E-state index contributed by atoms with van der Waals surface area (Å²) in [4.78, 5) is 11.0. The van der Waals surface area contributed by atoms with Crippen molar-refractivity contribution >= 4 is 5.97 Å². The highest BCUT2D eigenvalue weighted by molar-refractivity contribution is 5.71. The maximum atomic E-state index is 11.0. The molecule has 0 saturated carbocycles. The number of rotatable bonds is 1. The van der Waals surface area contributed by atoms with Crippen molar-refractivity contribution in [3.8, 4) is 0 Å². The molecule has 1 aliphatic heterocycles. The van der Waals surface area contributed by atoms with Gasteiger partial charge in [-0.05, 0) is 5.92 Å². The van der Waals surface area contributed by atoms with E-state index < -0.39 is 6.10 Å². The fraction of sp³-hybridized carbons (Fsp3) is 0.889. The number of carbonyl (C=O) groups is 1. The number of hydrogen-bond donors (Lipinski definition) is 1. The van der Waals surface area contributed by atoms with Crippen LogP contribution < -0.4 is 0 Å². The third-order valence-corrected chi connectivity index (χ3v) is 2.43. The second-order valence-electron chi connectivity index (χ2n) is 3.83. The van der Waals surface area contributed by atoms with Crippen LogP contribution in [-0.2, 0) is 9.53 Å². The zero-order chi connectivity index (χ0) is 9.30. The first kappa shape index (κ1) is 9.52. The summed E-state index contributed by atoms with van der Waals surface area (Å²) in [6.07, 6.45) is -0.510. The van der Waals surface area contributed by atoms with Gasteiger partial charge in [-0.3, -0.25) is 4.79 Å². The summed E-state index contributed by atoms with van der Waals surface area (Å²) in [5, 5.41) is 9.47. The quantitative estimate of drug-likeness (QED) is 0.599. The minimum atomic E-state index is -0.529. The van der Waals surface area contributed by atoms with Crippen LogP contribution in [0, 0.1) is 11.8 Å². The first-order valence-electron chi connectivity index (χ1n) is 4.40. The highest BCUT2D eigenvalue weighted by Gasteiger charge is 2.36. The van der Waals surface area contributed by atoms with Gasteiger partial charge in [0.25, 0.3) is 0 Å². The highest BCUT2D eigenvalue weighted by atomic mass is 16.5. The Bertz CT molecular complexity index is 177. The molecule has 0 aromatic rings. The molecular weight excluding hydrogens is 156 g/mol. The average Bonchev–Trinajstić information content (AvgIpc) is 1.96. The van der Waals surface area contributed by atoms with Crippen LogP contribution in [0.1, 0.15) is 27.2 Å². The maximum Gasteiger partial charge on any atom is 0.308 e. The van der Waals surface area contributed by atoms with Crippen molar-refractivity contribution in [3.05, 3.63) is 0 Å². The fourth-order valence-corrected chi connectivity index (χ4v) is 1.63. The molecule has 0 spiro atoms. The molecule has 0 amide bonds. The van der Waals surface area contributed by atoms with E-state index in [1.807, 2.05) is 20.8 Å². The zero-order valence-corrected chi connectivity index (χ0v) is 7.78. The van der Waals surface area contributed by atoms with Crippen LogP contribution in [-0.4, -0.2) is 23.3 Å². The van der Waals surface area contributed by atoms with Gasteiger partial charge in [-0.15, -0.1) is 0 Å². The van der Waals surface area contributed by atoms with Gasteiger partial charge in [0.05, 0.1) is 12.5 Å². The molecule has 1 fully saturated rings. The number of aliphatic hydroxyl groups is 1. The topological polar surface area (TPSA) is 46.5 Å². The molecule has 1 saturated heterocycles. The largest absolute Gasteiger partial charge is 0.462 e. The Labute approximate surface area is 72.7 Å². The molecule has 1 heterocycles. The predicted molar refractivity (Wildman–Crippen MR) is 44.5 cm³/mol. The minimum Gasteiger partial charge on any atom is -0.462 e. The second-order valence-corrected chi connectivity index (χ2v) is 3.83. The number of hydrogen-bond acceptors (Lipinski definition) is 3. The molecular formula is C9H16O3. The maximum absolute atomic E-state index is 11.0. The Morgan fingerprint density at radius 3 is 2.67 bits per heavy atom. The first-order chi connectivity index (χ1) is 5.52. The van der Waals surface area contributed by atoms with Crippen molar-refractivity contribution in [1.82, 2.24) is 0 Å². The van der Waals surface area contributed by atoms with Gasteiger partial charge < -0.3 is 9.84 Å². The van der Waals surface area contributed by atoms with Crippen LogP contribution in [0.25, 0.3) is 0 Å². The highest BCUT2D eigenvalue weighted by Crippen LogP contribution is 2.26. The van der Waals surface area contributed by atoms with E-state index in [0.717, 1.165) is 0 Å². The van der Waals surface area contributed by atoms with E-state index >= 15 is 0 Å². The smallest absolute Gasteiger partial charge is 0.308 e. The fourth-order valence-electron chi connectivity index (χ4n) is 1.63.